The van der Waals surface area contributed by atoms with Gasteiger partial charge in [0.15, 0.2) is 0 Å². The van der Waals surface area contributed by atoms with Crippen molar-refractivity contribution in [2.45, 2.75) is 199 Å². The van der Waals surface area contributed by atoms with Crippen molar-refractivity contribution in [1.82, 2.24) is 0 Å². The molecule has 0 spiro atoms. The van der Waals surface area contributed by atoms with Crippen LogP contribution in [0.4, 0.5) is 0 Å². The Hall–Kier alpha value is -1.08. The predicted molar refractivity (Wildman–Crippen MR) is 279 cm³/mol. The Kier molecular flexibility index (Phi) is 18.6. The summed E-state index contributed by atoms with van der Waals surface area (Å²) in [6, 6.07) is 38.1. The Bertz CT molecular complexity index is 1540. The number of ether oxygens (including phenoxy) is 1. The predicted octanol–water partition coefficient (Wildman–Crippen LogP) is 12.5. The highest BCUT2D eigenvalue weighted by Crippen LogP contribution is 2.30. The van der Waals surface area contributed by atoms with Crippen LogP contribution in [0.25, 0.3) is 0 Å². The van der Waals surface area contributed by atoms with Gasteiger partial charge in [-0.05, 0) is 26.2 Å². The van der Waals surface area contributed by atoms with Gasteiger partial charge < -0.3 is 4.74 Å². The van der Waals surface area contributed by atoms with Crippen molar-refractivity contribution in [2.24, 2.45) is 0 Å². The first-order valence-corrected chi connectivity index (χ1v) is 42.6. The number of hydrogen-bond acceptors (Lipinski definition) is 1. The average Bonchev–Trinajstić information content (AvgIpc) is 3.13. The molecular formula is C50H90OSi6. The third kappa shape index (κ3) is 14.8. The molecule has 0 N–H and O–H groups in total. The van der Waals surface area contributed by atoms with Crippen molar-refractivity contribution in [3.8, 4) is 0 Å². The molecule has 57 heavy (non-hydrogen) atoms. The van der Waals surface area contributed by atoms with Crippen LogP contribution in [-0.2, 0) is 4.74 Å². The van der Waals surface area contributed by atoms with Gasteiger partial charge in [-0.1, -0.05) is 272 Å². The molecule has 3 rings (SSSR count). The zero-order valence-corrected chi connectivity index (χ0v) is 46.4. The highest BCUT2D eigenvalue weighted by atomic mass is 28.3. The molecular weight excluding hydrogens is 785 g/mol. The first-order valence-electron chi connectivity index (χ1n) is 23.4. The monoisotopic (exact) mass is 875 g/mol. The van der Waals surface area contributed by atoms with Crippen molar-refractivity contribution in [3.05, 3.63) is 72.8 Å². The Morgan fingerprint density at radius 3 is 0.789 bits per heavy atom. The van der Waals surface area contributed by atoms with E-state index in [0.29, 0.717) is 0 Å². The zero-order valence-electron chi connectivity index (χ0n) is 40.4. The highest BCUT2D eigenvalue weighted by Gasteiger charge is 2.32. The lowest BCUT2D eigenvalue weighted by atomic mass is 9.94. The molecule has 7 heteroatoms. The maximum absolute atomic E-state index is 7.11. The molecule has 0 heterocycles. The lowest BCUT2D eigenvalue weighted by molar-refractivity contribution is -0.0443. The summed E-state index contributed by atoms with van der Waals surface area (Å²) in [4.78, 5) is 0. The molecule has 0 aromatic heterocycles. The van der Waals surface area contributed by atoms with Crippen molar-refractivity contribution in [3.63, 3.8) is 0 Å². The minimum absolute atomic E-state index is 0.0585. The molecule has 0 fully saturated rings. The molecule has 3 aromatic rings. The normalized spacial score (nSPS) is 13.7. The van der Waals surface area contributed by atoms with E-state index in [4.69, 9.17) is 4.74 Å². The van der Waals surface area contributed by atoms with Gasteiger partial charge in [0.1, 0.15) is 0 Å². The second kappa shape index (κ2) is 21.1. The number of rotatable bonds is 25. The van der Waals surface area contributed by atoms with Gasteiger partial charge >= 0.3 is 0 Å². The topological polar surface area (TPSA) is 9.23 Å². The molecule has 320 valence electrons. The van der Waals surface area contributed by atoms with E-state index in [-0.39, 0.29) is 5.60 Å². The van der Waals surface area contributed by atoms with Crippen LogP contribution in [0.2, 0.25) is 115 Å². The van der Waals surface area contributed by atoms with E-state index in [1.165, 1.54) is 87.6 Å². The summed E-state index contributed by atoms with van der Waals surface area (Å²) in [5.41, 5.74) is -0.0585. The summed E-state index contributed by atoms with van der Waals surface area (Å²) in [5.74, 6) is 0. The first-order chi connectivity index (χ1) is 26.4. The minimum Gasteiger partial charge on any atom is -0.375 e. The molecule has 0 aliphatic carbocycles. The quantitative estimate of drug-likeness (QED) is 0.0609. The Balaban J connectivity index is 1.70. The van der Waals surface area contributed by atoms with Gasteiger partial charge in [0, 0.05) is 6.61 Å². The Morgan fingerprint density at radius 1 is 0.351 bits per heavy atom. The van der Waals surface area contributed by atoms with E-state index >= 15 is 0 Å². The Labute approximate surface area is 361 Å². The van der Waals surface area contributed by atoms with E-state index in [1.54, 1.807) is 31.1 Å². The summed E-state index contributed by atoms with van der Waals surface area (Å²) in [6.45, 7) is 41.2. The van der Waals surface area contributed by atoms with E-state index in [0.717, 1.165) is 6.61 Å². The number of benzene rings is 3. The van der Waals surface area contributed by atoms with Crippen LogP contribution in [0, 0.1) is 0 Å². The number of hydrogen-bond donors (Lipinski definition) is 0. The summed E-state index contributed by atoms with van der Waals surface area (Å²) in [5, 5.41) is 9.76. The van der Waals surface area contributed by atoms with Gasteiger partial charge in [0.05, 0.1) is 54.0 Å². The fourth-order valence-electron chi connectivity index (χ4n) is 9.77. The lowest BCUT2D eigenvalue weighted by Gasteiger charge is -2.34. The summed E-state index contributed by atoms with van der Waals surface area (Å²) >= 11 is 0. The largest absolute Gasteiger partial charge is 0.375 e. The third-order valence-electron chi connectivity index (χ3n) is 14.4. The van der Waals surface area contributed by atoms with Crippen LogP contribution in [0.1, 0.15) is 79.1 Å². The van der Waals surface area contributed by atoms with Crippen LogP contribution in [0.3, 0.4) is 0 Å². The standard InChI is InChI=1S/C50H90OSi6/c1-17-38-52(5,6)44-23-29-47(30-24-44)55(11,12)41-20-35-50(4,36-21-42-56(13,14)48-31-25-45(26-32-48)53(7,8)39-18-2)51-37-22-43-57(15,16)49-33-27-46(28-34-49)54(9,10)40-19-3/h23-34H,17-22,35-43H2,1-16H3. The van der Waals surface area contributed by atoms with Crippen LogP contribution in [0.5, 0.6) is 0 Å². The molecule has 0 unspecified atom stereocenters. The van der Waals surface area contributed by atoms with Gasteiger partial charge in [-0.3, -0.25) is 0 Å². The third-order valence-corrected chi connectivity index (χ3v) is 35.8. The van der Waals surface area contributed by atoms with E-state index in [1.807, 2.05) is 0 Å². The maximum Gasteiger partial charge on any atom is 0.0807 e. The molecule has 0 saturated heterocycles. The fourth-order valence-corrected chi connectivity index (χ4v) is 24.8. The summed E-state index contributed by atoms with van der Waals surface area (Å²) in [6.07, 6.45) is 9.91. The Morgan fingerprint density at radius 2 is 0.561 bits per heavy atom. The lowest BCUT2D eigenvalue weighted by Crippen LogP contribution is -2.45. The van der Waals surface area contributed by atoms with Crippen LogP contribution < -0.4 is 31.1 Å². The SMILES string of the molecule is CCC[Si](C)(C)c1ccc([Si](C)(C)CCCOC(C)(CCC[Si](C)(C)c2ccc([Si](C)(C)CCC)cc2)CCC[Si](C)(C)c2ccc([Si](C)(C)CCC)cc2)cc1. The molecule has 0 bridgehead atoms. The second-order valence-electron chi connectivity index (χ2n) is 22.4. The van der Waals surface area contributed by atoms with Gasteiger partial charge in [0.25, 0.3) is 0 Å². The van der Waals surface area contributed by atoms with Crippen LogP contribution in [0.15, 0.2) is 72.8 Å². The molecule has 0 aliphatic heterocycles. The van der Waals surface area contributed by atoms with E-state index < -0.39 is 48.4 Å². The minimum atomic E-state index is -1.55. The second-order valence-corrected chi connectivity index (χ2v) is 51.5. The maximum atomic E-state index is 7.11. The average molecular weight is 876 g/mol. The highest BCUT2D eigenvalue weighted by molar-refractivity contribution is 6.93. The molecule has 1 nitrogen and oxygen atoms in total. The smallest absolute Gasteiger partial charge is 0.0807 e. The zero-order chi connectivity index (χ0) is 42.8. The molecule has 0 radical (unpaired) electrons. The summed E-state index contributed by atoms with van der Waals surface area (Å²) in [7, 11) is -8.62. The van der Waals surface area contributed by atoms with Crippen molar-refractivity contribution >= 4 is 79.6 Å². The van der Waals surface area contributed by atoms with Gasteiger partial charge in [0.2, 0.25) is 0 Å². The van der Waals surface area contributed by atoms with E-state index in [9.17, 15) is 0 Å². The van der Waals surface area contributed by atoms with Crippen molar-refractivity contribution in [1.29, 1.82) is 0 Å². The fraction of sp³-hybridized carbons (Fsp3) is 0.640. The molecule has 0 atom stereocenters. The van der Waals surface area contributed by atoms with Crippen molar-refractivity contribution in [2.75, 3.05) is 6.61 Å². The van der Waals surface area contributed by atoms with Crippen LogP contribution >= 0.6 is 0 Å². The molecule has 0 saturated carbocycles. The van der Waals surface area contributed by atoms with Gasteiger partial charge in [-0.15, -0.1) is 0 Å². The first kappa shape index (κ1) is 50.3. The van der Waals surface area contributed by atoms with Gasteiger partial charge in [-0.2, -0.15) is 0 Å². The summed E-state index contributed by atoms with van der Waals surface area (Å²) < 4.78 is 7.11. The van der Waals surface area contributed by atoms with Crippen LogP contribution in [-0.4, -0.2) is 60.7 Å². The van der Waals surface area contributed by atoms with Gasteiger partial charge in [-0.25, -0.2) is 0 Å². The van der Waals surface area contributed by atoms with Crippen molar-refractivity contribution < 1.29 is 4.74 Å². The van der Waals surface area contributed by atoms with E-state index in [2.05, 4.69) is 179 Å². The molecule has 0 amide bonds. The molecule has 0 aliphatic rings. The molecule has 3 aromatic carbocycles.